The summed E-state index contributed by atoms with van der Waals surface area (Å²) >= 11 is 5.77. The number of rotatable bonds is 2. The molecule has 0 unspecified atom stereocenters. The molecule has 0 N–H and O–H groups in total. The number of aryl methyl sites for hydroxylation is 1. The number of hydrogen-bond donors (Lipinski definition) is 0. The summed E-state index contributed by atoms with van der Waals surface area (Å²) < 4.78 is 0. The Morgan fingerprint density at radius 1 is 1.45 bits per heavy atom. The molecule has 56 valence electrons. The fourth-order valence-electron chi connectivity index (χ4n) is 0.909. The van der Waals surface area contributed by atoms with Crippen molar-refractivity contribution >= 4 is 11.6 Å². The van der Waals surface area contributed by atoms with Gasteiger partial charge in [0.05, 0.1) is 0 Å². The molecule has 0 aromatic heterocycles. The van der Waals surface area contributed by atoms with Crippen molar-refractivity contribution in [3.63, 3.8) is 0 Å². The molecular formula is C10H9Cl. The zero-order valence-corrected chi connectivity index (χ0v) is 6.93. The van der Waals surface area contributed by atoms with Gasteiger partial charge in [-0.15, -0.1) is 12.3 Å². The van der Waals surface area contributed by atoms with Crippen molar-refractivity contribution in [3.8, 4) is 12.3 Å². The number of terminal acetylenes is 1. The monoisotopic (exact) mass is 164 g/mol. The fourth-order valence-corrected chi connectivity index (χ4v) is 1.12. The molecule has 0 aliphatic rings. The van der Waals surface area contributed by atoms with Gasteiger partial charge in [0.2, 0.25) is 0 Å². The van der Waals surface area contributed by atoms with E-state index >= 15 is 0 Å². The van der Waals surface area contributed by atoms with Crippen LogP contribution in [0.3, 0.4) is 0 Å². The Bertz CT molecular complexity index is 270. The van der Waals surface area contributed by atoms with Gasteiger partial charge in [0.25, 0.3) is 0 Å². The highest BCUT2D eigenvalue weighted by Gasteiger charge is 1.91. The highest BCUT2D eigenvalue weighted by atomic mass is 35.5. The van der Waals surface area contributed by atoms with Crippen LogP contribution in [0.4, 0.5) is 0 Å². The lowest BCUT2D eigenvalue weighted by atomic mass is 10.1. The lowest BCUT2D eigenvalue weighted by Crippen LogP contribution is -1.81. The van der Waals surface area contributed by atoms with Crippen LogP contribution < -0.4 is 0 Å². The molecular weight excluding hydrogens is 156 g/mol. The summed E-state index contributed by atoms with van der Waals surface area (Å²) in [5, 5.41) is 0.777. The first-order valence-electron chi connectivity index (χ1n) is 3.51. The maximum absolute atomic E-state index is 5.77. The van der Waals surface area contributed by atoms with E-state index in [4.69, 9.17) is 18.0 Å². The standard InChI is InChI=1S/C10H9Cl/c1-2-3-5-9-6-4-7-10(11)8-9/h1,4,6-8H,3,5H2. The van der Waals surface area contributed by atoms with E-state index in [1.54, 1.807) is 0 Å². The molecule has 0 saturated heterocycles. The Morgan fingerprint density at radius 2 is 2.27 bits per heavy atom. The normalized spacial score (nSPS) is 9.09. The molecule has 1 heteroatoms. The van der Waals surface area contributed by atoms with Crippen LogP contribution in [0.2, 0.25) is 5.02 Å². The Balaban J connectivity index is 2.65. The largest absolute Gasteiger partial charge is 0.120 e. The van der Waals surface area contributed by atoms with Crippen LogP contribution in [-0.4, -0.2) is 0 Å². The van der Waals surface area contributed by atoms with Crippen LogP contribution >= 0.6 is 11.6 Å². The summed E-state index contributed by atoms with van der Waals surface area (Å²) in [6.07, 6.45) is 6.82. The molecule has 11 heavy (non-hydrogen) atoms. The zero-order chi connectivity index (χ0) is 8.10. The van der Waals surface area contributed by atoms with Gasteiger partial charge in [-0.25, -0.2) is 0 Å². The topological polar surface area (TPSA) is 0 Å². The van der Waals surface area contributed by atoms with Crippen LogP contribution in [0.15, 0.2) is 24.3 Å². The molecule has 0 heterocycles. The van der Waals surface area contributed by atoms with E-state index in [1.807, 2.05) is 24.3 Å². The maximum atomic E-state index is 5.77. The highest BCUT2D eigenvalue weighted by molar-refractivity contribution is 6.30. The highest BCUT2D eigenvalue weighted by Crippen LogP contribution is 2.11. The van der Waals surface area contributed by atoms with E-state index in [9.17, 15) is 0 Å². The van der Waals surface area contributed by atoms with E-state index in [1.165, 1.54) is 5.56 Å². The summed E-state index contributed by atoms with van der Waals surface area (Å²) in [5.74, 6) is 2.59. The van der Waals surface area contributed by atoms with E-state index in [0.717, 1.165) is 17.9 Å². The van der Waals surface area contributed by atoms with E-state index < -0.39 is 0 Å². The lowest BCUT2D eigenvalue weighted by molar-refractivity contribution is 1.03. The summed E-state index contributed by atoms with van der Waals surface area (Å²) in [6, 6.07) is 7.78. The van der Waals surface area contributed by atoms with E-state index in [-0.39, 0.29) is 0 Å². The van der Waals surface area contributed by atoms with Gasteiger partial charge in [-0.2, -0.15) is 0 Å². The first kappa shape index (κ1) is 8.17. The molecule has 0 fully saturated rings. The molecule has 0 nitrogen and oxygen atoms in total. The SMILES string of the molecule is C#CCCc1cccc(Cl)c1. The predicted molar refractivity (Wildman–Crippen MR) is 48.6 cm³/mol. The number of benzene rings is 1. The van der Waals surface area contributed by atoms with Crippen LogP contribution in [0.1, 0.15) is 12.0 Å². The van der Waals surface area contributed by atoms with Gasteiger partial charge in [0, 0.05) is 11.4 Å². The minimum absolute atomic E-state index is 0.777. The molecule has 0 radical (unpaired) electrons. The molecule has 1 rings (SSSR count). The van der Waals surface area contributed by atoms with Crippen molar-refractivity contribution in [1.82, 2.24) is 0 Å². The fraction of sp³-hybridized carbons (Fsp3) is 0.200. The van der Waals surface area contributed by atoms with Crippen molar-refractivity contribution in [2.45, 2.75) is 12.8 Å². The molecule has 0 amide bonds. The Morgan fingerprint density at radius 3 is 2.91 bits per heavy atom. The first-order valence-corrected chi connectivity index (χ1v) is 3.88. The molecule has 0 aliphatic heterocycles. The van der Waals surface area contributed by atoms with Crippen molar-refractivity contribution in [3.05, 3.63) is 34.9 Å². The molecule has 0 saturated carbocycles. The zero-order valence-electron chi connectivity index (χ0n) is 6.18. The molecule has 0 aliphatic carbocycles. The second-order valence-electron chi connectivity index (χ2n) is 2.33. The maximum Gasteiger partial charge on any atom is 0.0408 e. The van der Waals surface area contributed by atoms with Gasteiger partial charge in [-0.05, 0) is 24.1 Å². The molecule has 0 spiro atoms. The first-order chi connectivity index (χ1) is 5.33. The smallest absolute Gasteiger partial charge is 0.0408 e. The number of halogens is 1. The quantitative estimate of drug-likeness (QED) is 0.590. The van der Waals surface area contributed by atoms with Crippen LogP contribution in [0.5, 0.6) is 0 Å². The Hall–Kier alpha value is -0.930. The van der Waals surface area contributed by atoms with Crippen molar-refractivity contribution in [1.29, 1.82) is 0 Å². The molecule has 1 aromatic rings. The average Bonchev–Trinajstić information content (AvgIpc) is 2.01. The van der Waals surface area contributed by atoms with Crippen LogP contribution in [0.25, 0.3) is 0 Å². The molecule has 0 bridgehead atoms. The van der Waals surface area contributed by atoms with Crippen molar-refractivity contribution in [2.75, 3.05) is 0 Å². The third-order valence-electron chi connectivity index (χ3n) is 1.45. The van der Waals surface area contributed by atoms with Gasteiger partial charge >= 0.3 is 0 Å². The second kappa shape index (κ2) is 4.05. The molecule has 1 aromatic carbocycles. The predicted octanol–water partition coefficient (Wildman–Crippen LogP) is 2.91. The molecule has 0 atom stereocenters. The van der Waals surface area contributed by atoms with Crippen LogP contribution in [-0.2, 0) is 6.42 Å². The van der Waals surface area contributed by atoms with E-state index in [2.05, 4.69) is 5.92 Å². The summed E-state index contributed by atoms with van der Waals surface area (Å²) in [4.78, 5) is 0. The minimum atomic E-state index is 0.777. The average molecular weight is 165 g/mol. The minimum Gasteiger partial charge on any atom is -0.120 e. The summed E-state index contributed by atoms with van der Waals surface area (Å²) in [5.41, 5.74) is 1.20. The van der Waals surface area contributed by atoms with Gasteiger partial charge in [0.15, 0.2) is 0 Å². The third-order valence-corrected chi connectivity index (χ3v) is 1.68. The van der Waals surface area contributed by atoms with Gasteiger partial charge in [-0.3, -0.25) is 0 Å². The summed E-state index contributed by atoms with van der Waals surface area (Å²) in [7, 11) is 0. The van der Waals surface area contributed by atoms with Gasteiger partial charge < -0.3 is 0 Å². The van der Waals surface area contributed by atoms with Crippen molar-refractivity contribution < 1.29 is 0 Å². The van der Waals surface area contributed by atoms with E-state index in [0.29, 0.717) is 0 Å². The van der Waals surface area contributed by atoms with Gasteiger partial charge in [0.1, 0.15) is 0 Å². The third kappa shape index (κ3) is 2.65. The van der Waals surface area contributed by atoms with Crippen LogP contribution in [0, 0.1) is 12.3 Å². The number of hydrogen-bond acceptors (Lipinski definition) is 0. The van der Waals surface area contributed by atoms with Gasteiger partial charge in [-0.1, -0.05) is 23.7 Å². The lowest BCUT2D eigenvalue weighted by Gasteiger charge is -1.96. The summed E-state index contributed by atoms with van der Waals surface area (Å²) in [6.45, 7) is 0. The van der Waals surface area contributed by atoms with Crippen molar-refractivity contribution in [2.24, 2.45) is 0 Å². The second-order valence-corrected chi connectivity index (χ2v) is 2.77. The Kier molecular flexibility index (Phi) is 3.01. The Labute approximate surface area is 72.2 Å².